The van der Waals surface area contributed by atoms with E-state index in [2.05, 4.69) is 16.0 Å². The van der Waals surface area contributed by atoms with E-state index in [0.29, 0.717) is 37.0 Å². The molecule has 2 aromatic rings. The summed E-state index contributed by atoms with van der Waals surface area (Å²) in [5.74, 6) is -0.903. The second-order valence-corrected chi connectivity index (χ2v) is 8.13. The number of hydrogen-bond acceptors (Lipinski definition) is 4. The highest BCUT2D eigenvalue weighted by molar-refractivity contribution is 5.94. The van der Waals surface area contributed by atoms with Gasteiger partial charge < -0.3 is 25.8 Å². The zero-order valence-corrected chi connectivity index (χ0v) is 18.7. The van der Waals surface area contributed by atoms with Gasteiger partial charge in [0.15, 0.2) is 0 Å². The van der Waals surface area contributed by atoms with Gasteiger partial charge in [-0.05, 0) is 62.1 Å². The van der Waals surface area contributed by atoms with E-state index in [4.69, 9.17) is 9.84 Å². The van der Waals surface area contributed by atoms with Crippen LogP contribution in [0.4, 0.5) is 23.7 Å². The summed E-state index contributed by atoms with van der Waals surface area (Å²) in [6.45, 7) is 0.0736. The molecule has 11 heteroatoms. The Bertz CT molecular complexity index is 1040. The SMILES string of the molecule is O=C(NCCNC(=O)c1ccc(O[C@H]2CC[C@@H](C(=O)O)CC2)cc1)Nc1ccccc1C(F)(F)F. The zero-order valence-electron chi connectivity index (χ0n) is 18.7. The van der Waals surface area contributed by atoms with Gasteiger partial charge in [-0.2, -0.15) is 13.2 Å². The molecule has 3 rings (SSSR count). The number of rotatable bonds is 8. The van der Waals surface area contributed by atoms with E-state index in [-0.39, 0.29) is 36.7 Å². The molecule has 2 aromatic carbocycles. The van der Waals surface area contributed by atoms with Crippen LogP contribution in [0.25, 0.3) is 0 Å². The Labute approximate surface area is 199 Å². The van der Waals surface area contributed by atoms with Crippen LogP contribution >= 0.6 is 0 Å². The fourth-order valence-electron chi connectivity index (χ4n) is 3.76. The van der Waals surface area contributed by atoms with Gasteiger partial charge in [0.1, 0.15) is 5.75 Å². The van der Waals surface area contributed by atoms with Crippen molar-refractivity contribution >= 4 is 23.6 Å². The molecule has 0 unspecified atom stereocenters. The fraction of sp³-hybridized carbons (Fsp3) is 0.375. The third-order valence-electron chi connectivity index (χ3n) is 5.62. The first kappa shape index (κ1) is 25.9. The number of alkyl halides is 3. The molecular weight excluding hydrogens is 467 g/mol. The van der Waals surface area contributed by atoms with E-state index in [1.165, 1.54) is 12.1 Å². The van der Waals surface area contributed by atoms with Crippen LogP contribution < -0.4 is 20.7 Å². The topological polar surface area (TPSA) is 117 Å². The first-order valence-electron chi connectivity index (χ1n) is 11.1. The number of halogens is 3. The normalized spacial score (nSPS) is 17.8. The highest BCUT2D eigenvalue weighted by Crippen LogP contribution is 2.34. The van der Waals surface area contributed by atoms with Crippen molar-refractivity contribution in [1.82, 2.24) is 10.6 Å². The van der Waals surface area contributed by atoms with Crippen LogP contribution in [0.15, 0.2) is 48.5 Å². The molecule has 188 valence electrons. The van der Waals surface area contributed by atoms with Crippen molar-refractivity contribution in [3.63, 3.8) is 0 Å². The molecule has 0 bridgehead atoms. The fourth-order valence-corrected chi connectivity index (χ4v) is 3.76. The number of para-hydroxylation sites is 1. The Balaban J connectivity index is 1.39. The number of amides is 3. The van der Waals surface area contributed by atoms with Crippen molar-refractivity contribution in [3.05, 3.63) is 59.7 Å². The van der Waals surface area contributed by atoms with Crippen LogP contribution in [0.2, 0.25) is 0 Å². The summed E-state index contributed by atoms with van der Waals surface area (Å²) in [7, 11) is 0. The van der Waals surface area contributed by atoms with E-state index in [1.807, 2.05) is 0 Å². The number of ether oxygens (including phenoxy) is 1. The number of carbonyl (C=O) groups is 3. The lowest BCUT2D eigenvalue weighted by Crippen LogP contribution is -2.37. The molecule has 1 aliphatic carbocycles. The second-order valence-electron chi connectivity index (χ2n) is 8.13. The number of aliphatic carboxylic acids is 1. The van der Waals surface area contributed by atoms with Gasteiger partial charge >= 0.3 is 18.2 Å². The molecule has 0 atom stereocenters. The smallest absolute Gasteiger partial charge is 0.418 e. The van der Waals surface area contributed by atoms with Gasteiger partial charge in [0, 0.05) is 18.7 Å². The Morgan fingerprint density at radius 3 is 2.17 bits per heavy atom. The van der Waals surface area contributed by atoms with Crippen LogP contribution in [0.3, 0.4) is 0 Å². The molecule has 1 aliphatic rings. The van der Waals surface area contributed by atoms with Crippen LogP contribution in [0.1, 0.15) is 41.6 Å². The first-order chi connectivity index (χ1) is 16.6. The minimum atomic E-state index is -4.60. The summed E-state index contributed by atoms with van der Waals surface area (Å²) in [5.41, 5.74) is -0.946. The quantitative estimate of drug-likeness (QED) is 0.410. The Hall–Kier alpha value is -3.76. The molecular formula is C24H26F3N3O5. The molecule has 0 aliphatic heterocycles. The Kier molecular flexibility index (Phi) is 8.56. The number of benzene rings is 2. The van der Waals surface area contributed by atoms with Crippen molar-refractivity contribution in [2.75, 3.05) is 18.4 Å². The molecule has 35 heavy (non-hydrogen) atoms. The maximum absolute atomic E-state index is 13.0. The minimum Gasteiger partial charge on any atom is -0.490 e. The molecule has 1 fully saturated rings. The summed E-state index contributed by atoms with van der Waals surface area (Å²) in [6.07, 6.45) is -2.21. The number of carbonyl (C=O) groups excluding carboxylic acids is 2. The molecule has 0 heterocycles. The van der Waals surface area contributed by atoms with Crippen LogP contribution in [0.5, 0.6) is 5.75 Å². The molecule has 0 radical (unpaired) electrons. The molecule has 8 nitrogen and oxygen atoms in total. The van der Waals surface area contributed by atoms with Crippen molar-refractivity contribution in [1.29, 1.82) is 0 Å². The number of hydrogen-bond donors (Lipinski definition) is 4. The molecule has 0 aromatic heterocycles. The maximum Gasteiger partial charge on any atom is 0.418 e. The van der Waals surface area contributed by atoms with Crippen LogP contribution in [-0.2, 0) is 11.0 Å². The zero-order chi connectivity index (χ0) is 25.4. The molecule has 4 N–H and O–H groups in total. The van der Waals surface area contributed by atoms with E-state index >= 15 is 0 Å². The monoisotopic (exact) mass is 493 g/mol. The predicted octanol–water partition coefficient (Wildman–Crippen LogP) is 4.28. The summed E-state index contributed by atoms with van der Waals surface area (Å²) < 4.78 is 44.8. The van der Waals surface area contributed by atoms with Gasteiger partial charge in [-0.25, -0.2) is 4.79 Å². The van der Waals surface area contributed by atoms with Gasteiger partial charge in [-0.15, -0.1) is 0 Å². The average molecular weight is 493 g/mol. The summed E-state index contributed by atoms with van der Waals surface area (Å²) in [6, 6.07) is 10.3. The number of carboxylic acids is 1. The molecule has 3 amide bonds. The first-order valence-corrected chi connectivity index (χ1v) is 11.1. The Morgan fingerprint density at radius 2 is 1.54 bits per heavy atom. The van der Waals surface area contributed by atoms with Gasteiger partial charge in [0.2, 0.25) is 0 Å². The number of anilines is 1. The minimum absolute atomic E-state index is 0.00592. The van der Waals surface area contributed by atoms with E-state index in [0.717, 1.165) is 12.1 Å². The third kappa shape index (κ3) is 7.62. The lowest BCUT2D eigenvalue weighted by atomic mass is 9.87. The van der Waals surface area contributed by atoms with Crippen molar-refractivity contribution in [3.8, 4) is 5.75 Å². The third-order valence-corrected chi connectivity index (χ3v) is 5.62. The standard InChI is InChI=1S/C24H26F3N3O5/c25-24(26,27)19-3-1-2-4-20(19)30-23(34)29-14-13-28-21(31)15-5-9-17(10-6-15)35-18-11-7-16(8-12-18)22(32)33/h1-6,9-10,16,18H,7-8,11-14H2,(H,28,31)(H,32,33)(H2,29,30,34)/t16-,18+. The van der Waals surface area contributed by atoms with Crippen molar-refractivity contribution < 1.29 is 37.4 Å². The molecule has 1 saturated carbocycles. The number of urea groups is 1. The van der Waals surface area contributed by atoms with Crippen LogP contribution in [-0.4, -0.2) is 42.2 Å². The van der Waals surface area contributed by atoms with E-state index in [9.17, 15) is 27.6 Å². The average Bonchev–Trinajstić information content (AvgIpc) is 2.82. The lowest BCUT2D eigenvalue weighted by molar-refractivity contribution is -0.143. The van der Waals surface area contributed by atoms with Gasteiger partial charge in [-0.1, -0.05) is 12.1 Å². The lowest BCUT2D eigenvalue weighted by Gasteiger charge is -2.26. The second kappa shape index (κ2) is 11.6. The highest BCUT2D eigenvalue weighted by atomic mass is 19.4. The summed E-state index contributed by atoms with van der Waals surface area (Å²) >= 11 is 0. The van der Waals surface area contributed by atoms with Crippen molar-refractivity contribution in [2.45, 2.75) is 38.0 Å². The van der Waals surface area contributed by atoms with Crippen molar-refractivity contribution in [2.24, 2.45) is 5.92 Å². The number of carboxylic acid groups (broad SMARTS) is 1. The van der Waals surface area contributed by atoms with Gasteiger partial charge in [0.25, 0.3) is 5.91 Å². The maximum atomic E-state index is 13.0. The molecule has 0 spiro atoms. The van der Waals surface area contributed by atoms with Crippen LogP contribution in [0, 0.1) is 5.92 Å². The summed E-state index contributed by atoms with van der Waals surface area (Å²) in [5, 5.41) is 16.2. The molecule has 0 saturated heterocycles. The number of nitrogens with one attached hydrogen (secondary N) is 3. The summed E-state index contributed by atoms with van der Waals surface area (Å²) in [4.78, 5) is 35.2. The van der Waals surface area contributed by atoms with Gasteiger partial charge in [-0.3, -0.25) is 9.59 Å². The van der Waals surface area contributed by atoms with E-state index in [1.54, 1.807) is 24.3 Å². The predicted molar refractivity (Wildman–Crippen MR) is 121 cm³/mol. The van der Waals surface area contributed by atoms with E-state index < -0.39 is 23.7 Å². The largest absolute Gasteiger partial charge is 0.490 e. The Morgan fingerprint density at radius 1 is 0.914 bits per heavy atom. The highest BCUT2D eigenvalue weighted by Gasteiger charge is 2.33. The van der Waals surface area contributed by atoms with Gasteiger partial charge in [0.05, 0.1) is 23.3 Å².